The van der Waals surface area contributed by atoms with Gasteiger partial charge in [-0.15, -0.1) is 11.3 Å². The fraction of sp³-hybridized carbons (Fsp3) is 0.278. The van der Waals surface area contributed by atoms with Crippen LogP contribution in [0.3, 0.4) is 0 Å². The molecule has 1 heterocycles. The van der Waals surface area contributed by atoms with Crippen LogP contribution in [0.25, 0.3) is 0 Å². The Hall–Kier alpha value is -2.47. The van der Waals surface area contributed by atoms with E-state index in [1.807, 2.05) is 49.6 Å². The molecule has 2 amide bonds. The lowest BCUT2D eigenvalue weighted by atomic mass is 10.1. The summed E-state index contributed by atoms with van der Waals surface area (Å²) in [5.74, 6) is -0.219. The summed E-state index contributed by atoms with van der Waals surface area (Å²) in [6, 6.07) is 11.0. The van der Waals surface area contributed by atoms with E-state index in [0.717, 1.165) is 18.4 Å². The normalized spacial score (nSPS) is 11.2. The zero-order valence-electron chi connectivity index (χ0n) is 13.8. The van der Waals surface area contributed by atoms with Crippen LogP contribution in [0.15, 0.2) is 46.9 Å². The van der Waals surface area contributed by atoms with Gasteiger partial charge in [0.25, 0.3) is 5.91 Å². The highest BCUT2D eigenvalue weighted by Gasteiger charge is 2.08. The molecule has 2 aromatic rings. The van der Waals surface area contributed by atoms with Crippen molar-refractivity contribution in [1.82, 2.24) is 5.43 Å². The molecule has 5 nitrogen and oxygen atoms in total. The van der Waals surface area contributed by atoms with E-state index in [4.69, 9.17) is 0 Å². The van der Waals surface area contributed by atoms with E-state index in [-0.39, 0.29) is 11.8 Å². The van der Waals surface area contributed by atoms with Crippen molar-refractivity contribution in [3.05, 3.63) is 52.2 Å². The van der Waals surface area contributed by atoms with Crippen LogP contribution in [0.1, 0.15) is 48.3 Å². The number of carbonyl (C=O) groups excluding carboxylic acids is 2. The van der Waals surface area contributed by atoms with Crippen LogP contribution in [-0.2, 0) is 4.79 Å². The average molecular weight is 343 g/mol. The highest BCUT2D eigenvalue weighted by molar-refractivity contribution is 7.12. The first kappa shape index (κ1) is 17.9. The van der Waals surface area contributed by atoms with Crippen LogP contribution >= 0.6 is 11.3 Å². The maximum Gasteiger partial charge on any atom is 0.265 e. The molecule has 0 fully saturated rings. The molecule has 1 aromatic carbocycles. The van der Waals surface area contributed by atoms with Crippen molar-refractivity contribution in [3.8, 4) is 0 Å². The molecule has 0 aliphatic carbocycles. The Bertz CT molecular complexity index is 724. The van der Waals surface area contributed by atoms with E-state index in [2.05, 4.69) is 15.8 Å². The molecule has 0 bridgehead atoms. The number of benzene rings is 1. The molecule has 0 spiro atoms. The van der Waals surface area contributed by atoms with Gasteiger partial charge in [-0.25, -0.2) is 5.43 Å². The van der Waals surface area contributed by atoms with E-state index < -0.39 is 0 Å². The van der Waals surface area contributed by atoms with Gasteiger partial charge in [-0.1, -0.05) is 31.5 Å². The van der Waals surface area contributed by atoms with Gasteiger partial charge in [0.1, 0.15) is 0 Å². The second-order valence-corrected chi connectivity index (χ2v) is 6.30. The summed E-state index contributed by atoms with van der Waals surface area (Å²) in [4.78, 5) is 24.4. The van der Waals surface area contributed by atoms with Crippen LogP contribution in [0.2, 0.25) is 0 Å². The quantitative estimate of drug-likeness (QED) is 0.588. The van der Waals surface area contributed by atoms with Crippen molar-refractivity contribution >= 4 is 34.6 Å². The van der Waals surface area contributed by atoms with Crippen molar-refractivity contribution < 1.29 is 9.59 Å². The highest BCUT2D eigenvalue weighted by Crippen LogP contribution is 2.15. The van der Waals surface area contributed by atoms with Gasteiger partial charge in [-0.3, -0.25) is 9.59 Å². The largest absolute Gasteiger partial charge is 0.321 e. The van der Waals surface area contributed by atoms with Gasteiger partial charge in [0.15, 0.2) is 0 Å². The fourth-order valence-electron chi connectivity index (χ4n) is 2.03. The first-order valence-corrected chi connectivity index (χ1v) is 8.76. The number of rotatable bonds is 7. The Morgan fingerprint density at radius 1 is 1.21 bits per heavy atom. The van der Waals surface area contributed by atoms with Crippen molar-refractivity contribution in [1.29, 1.82) is 0 Å². The topological polar surface area (TPSA) is 70.6 Å². The number of hydrogen-bond donors (Lipinski definition) is 2. The van der Waals surface area contributed by atoms with Crippen molar-refractivity contribution in [2.45, 2.75) is 33.1 Å². The third kappa shape index (κ3) is 5.31. The van der Waals surface area contributed by atoms with E-state index in [1.54, 1.807) is 6.07 Å². The number of unbranched alkanes of at least 4 members (excludes halogenated alkanes) is 1. The molecule has 0 aliphatic heterocycles. The summed E-state index contributed by atoms with van der Waals surface area (Å²) in [6.07, 6.45) is 2.30. The van der Waals surface area contributed by atoms with Crippen LogP contribution in [0.4, 0.5) is 5.69 Å². The van der Waals surface area contributed by atoms with E-state index in [0.29, 0.717) is 22.7 Å². The minimum Gasteiger partial charge on any atom is -0.321 e. The number of nitrogens with one attached hydrogen (secondary N) is 2. The highest BCUT2D eigenvalue weighted by atomic mass is 32.1. The monoisotopic (exact) mass is 343 g/mol. The second-order valence-electron chi connectivity index (χ2n) is 5.35. The van der Waals surface area contributed by atoms with Crippen molar-refractivity contribution in [3.63, 3.8) is 0 Å². The first-order valence-electron chi connectivity index (χ1n) is 7.88. The van der Waals surface area contributed by atoms with Gasteiger partial charge >= 0.3 is 0 Å². The molecular formula is C18H21N3O2S. The molecule has 0 saturated carbocycles. The summed E-state index contributed by atoms with van der Waals surface area (Å²) >= 11 is 1.40. The molecule has 24 heavy (non-hydrogen) atoms. The predicted molar refractivity (Wildman–Crippen MR) is 98.6 cm³/mol. The van der Waals surface area contributed by atoms with Gasteiger partial charge in [0, 0.05) is 12.1 Å². The van der Waals surface area contributed by atoms with Crippen LogP contribution < -0.4 is 10.7 Å². The Balaban J connectivity index is 2.01. The number of hydrogen-bond acceptors (Lipinski definition) is 4. The molecule has 0 aliphatic rings. The lowest BCUT2D eigenvalue weighted by Gasteiger charge is -2.07. The van der Waals surface area contributed by atoms with Crippen molar-refractivity contribution in [2.75, 3.05) is 5.32 Å². The Morgan fingerprint density at radius 2 is 2.04 bits per heavy atom. The van der Waals surface area contributed by atoms with Gasteiger partial charge in [-0.2, -0.15) is 5.10 Å². The predicted octanol–water partition coefficient (Wildman–Crippen LogP) is 4.03. The third-order valence-electron chi connectivity index (χ3n) is 3.39. The van der Waals surface area contributed by atoms with Crippen LogP contribution in [0, 0.1) is 0 Å². The number of nitrogens with zero attached hydrogens (tertiary/aromatic N) is 1. The van der Waals surface area contributed by atoms with E-state index in [9.17, 15) is 9.59 Å². The standard InChI is InChI=1S/C18H21N3O2S/c1-3-4-10-17(22)21-20-13(2)14-7-5-8-15(12-14)19-18(23)16-9-6-11-24-16/h5-9,11-12H,3-4,10H2,1-2H3,(H,19,23)(H,21,22)/b20-13+. The zero-order valence-corrected chi connectivity index (χ0v) is 14.7. The number of amides is 2. The minimum absolute atomic E-state index is 0.0849. The zero-order chi connectivity index (χ0) is 17.4. The summed E-state index contributed by atoms with van der Waals surface area (Å²) in [5, 5.41) is 8.85. The summed E-state index contributed by atoms with van der Waals surface area (Å²) in [6.45, 7) is 3.86. The van der Waals surface area contributed by atoms with Crippen LogP contribution in [-0.4, -0.2) is 17.5 Å². The van der Waals surface area contributed by atoms with Gasteiger partial charge in [0.2, 0.25) is 5.91 Å². The maximum atomic E-state index is 12.1. The molecule has 6 heteroatoms. The summed E-state index contributed by atoms with van der Waals surface area (Å²) in [5.41, 5.74) is 4.78. The van der Waals surface area contributed by atoms with Gasteiger partial charge in [0.05, 0.1) is 10.6 Å². The Kier molecular flexibility index (Phi) is 6.69. The van der Waals surface area contributed by atoms with E-state index >= 15 is 0 Å². The van der Waals surface area contributed by atoms with Crippen LogP contribution in [0.5, 0.6) is 0 Å². The number of hydrazone groups is 1. The van der Waals surface area contributed by atoms with Crippen molar-refractivity contribution in [2.24, 2.45) is 5.10 Å². The number of carbonyl (C=O) groups is 2. The smallest absolute Gasteiger partial charge is 0.265 e. The molecule has 0 unspecified atom stereocenters. The molecule has 1 aromatic heterocycles. The van der Waals surface area contributed by atoms with Gasteiger partial charge in [-0.05, 0) is 42.5 Å². The molecule has 0 radical (unpaired) electrons. The molecule has 0 saturated heterocycles. The Morgan fingerprint density at radius 3 is 2.75 bits per heavy atom. The SMILES string of the molecule is CCCCC(=O)N/N=C(\C)c1cccc(NC(=O)c2cccs2)c1. The molecular weight excluding hydrogens is 322 g/mol. The summed E-state index contributed by atoms with van der Waals surface area (Å²) in [7, 11) is 0. The second kappa shape index (κ2) is 8.98. The minimum atomic E-state index is -0.135. The summed E-state index contributed by atoms with van der Waals surface area (Å²) < 4.78 is 0. The lowest BCUT2D eigenvalue weighted by molar-refractivity contribution is -0.121. The Labute approximate surface area is 145 Å². The maximum absolute atomic E-state index is 12.1. The molecule has 0 atom stereocenters. The lowest BCUT2D eigenvalue weighted by Crippen LogP contribution is -2.18. The fourth-order valence-corrected chi connectivity index (χ4v) is 2.65. The number of thiophene rings is 1. The molecule has 2 rings (SSSR count). The average Bonchev–Trinajstić information content (AvgIpc) is 3.12. The number of anilines is 1. The molecule has 126 valence electrons. The van der Waals surface area contributed by atoms with Gasteiger partial charge < -0.3 is 5.32 Å². The third-order valence-corrected chi connectivity index (χ3v) is 4.26. The first-order chi connectivity index (χ1) is 11.6. The van der Waals surface area contributed by atoms with E-state index in [1.165, 1.54) is 11.3 Å². The molecule has 2 N–H and O–H groups in total.